The van der Waals surface area contributed by atoms with Gasteiger partial charge in [-0.25, -0.2) is 4.79 Å². The third-order valence-corrected chi connectivity index (χ3v) is 16.2. The molecule has 5 fully saturated rings. The Morgan fingerprint density at radius 1 is 0.860 bits per heavy atom. The molecule has 1 heterocycles. The maximum absolute atomic E-state index is 14.7. The molecule has 2 N–H and O–H groups in total. The molecule has 0 radical (unpaired) electrons. The summed E-state index contributed by atoms with van der Waals surface area (Å²) in [7, 11) is 0. The molecule has 57 heavy (non-hydrogen) atoms. The number of ketones is 1. The number of allylic oxidation sites excluding steroid dienone is 2. The van der Waals surface area contributed by atoms with Crippen molar-refractivity contribution in [1.29, 1.82) is 0 Å². The van der Waals surface area contributed by atoms with Crippen molar-refractivity contribution in [2.45, 2.75) is 122 Å². The van der Waals surface area contributed by atoms with Crippen molar-refractivity contribution < 1.29 is 24.5 Å². The minimum absolute atomic E-state index is 0.00229. The first kappa shape index (κ1) is 38.7. The third-order valence-electron chi connectivity index (χ3n) is 15.2. The zero-order valence-electron chi connectivity index (χ0n) is 34.0. The van der Waals surface area contributed by atoms with E-state index in [4.69, 9.17) is 4.74 Å². The van der Waals surface area contributed by atoms with Crippen molar-refractivity contribution >= 4 is 34.0 Å². The van der Waals surface area contributed by atoms with Gasteiger partial charge in [0.25, 0.3) is 0 Å². The molecule has 300 valence electrons. The fourth-order valence-corrected chi connectivity index (χ4v) is 13.5. The van der Waals surface area contributed by atoms with Gasteiger partial charge in [-0.1, -0.05) is 61.0 Å². The lowest BCUT2D eigenvalue weighted by atomic mass is 9.49. The molecule has 4 aromatic rings. The lowest BCUT2D eigenvalue weighted by Crippen LogP contribution is -2.58. The molecule has 5 saturated carbocycles. The van der Waals surface area contributed by atoms with Gasteiger partial charge in [0.2, 0.25) is 5.78 Å². The van der Waals surface area contributed by atoms with Crippen molar-refractivity contribution in [3.63, 3.8) is 0 Å². The molecule has 1 amide bonds. The molecule has 11 rings (SSSR count). The number of hydrogen-bond donors (Lipinski definition) is 2. The van der Waals surface area contributed by atoms with Gasteiger partial charge in [-0.05, 0) is 179 Å². The van der Waals surface area contributed by atoms with E-state index in [2.05, 4.69) is 38.1 Å². The molecule has 3 aromatic carbocycles. The summed E-state index contributed by atoms with van der Waals surface area (Å²) in [5.74, 6) is 2.60. The number of carbonyl (C=O) groups excluding carboxylic acids is 2. The summed E-state index contributed by atoms with van der Waals surface area (Å²) in [5.41, 5.74) is 2.00. The normalized spacial score (nSPS) is 32.2. The number of nitrogens with zero attached hydrogens (tertiary/aromatic N) is 1. The maximum Gasteiger partial charge on any atom is 0.415 e. The number of rotatable bonds is 7. The Balaban J connectivity index is 1.09. The molecular formula is C50H59NO5S. The molecule has 0 spiro atoms. The molecule has 4 atom stereocenters. The topological polar surface area (TPSA) is 87.1 Å². The first-order valence-electron chi connectivity index (χ1n) is 21.6. The van der Waals surface area contributed by atoms with Gasteiger partial charge in [-0.3, -0.25) is 4.79 Å². The van der Waals surface area contributed by atoms with Crippen LogP contribution in [0.15, 0.2) is 84.4 Å². The summed E-state index contributed by atoms with van der Waals surface area (Å²) >= 11 is 1.51. The number of aliphatic hydroxyl groups is 2. The van der Waals surface area contributed by atoms with Crippen molar-refractivity contribution in [3.05, 3.63) is 111 Å². The summed E-state index contributed by atoms with van der Waals surface area (Å²) < 4.78 is 6.31. The number of hydrogen-bond acceptors (Lipinski definition) is 6. The zero-order valence-corrected chi connectivity index (χ0v) is 34.8. The number of thiophene rings is 1. The van der Waals surface area contributed by atoms with E-state index in [1.165, 1.54) is 36.2 Å². The highest BCUT2D eigenvalue weighted by Crippen LogP contribution is 2.62. The summed E-state index contributed by atoms with van der Waals surface area (Å²) in [6, 6.07) is 24.1. The smallest absolute Gasteiger partial charge is 0.410 e. The van der Waals surface area contributed by atoms with Crippen LogP contribution in [0.25, 0.3) is 10.8 Å². The van der Waals surface area contributed by atoms with Crippen LogP contribution in [-0.2, 0) is 6.42 Å². The number of aryl methyl sites for hydroxylation is 1. The molecule has 7 heteroatoms. The Morgan fingerprint density at radius 2 is 1.60 bits per heavy atom. The van der Waals surface area contributed by atoms with Crippen LogP contribution in [-0.4, -0.2) is 51.8 Å². The highest BCUT2D eigenvalue weighted by molar-refractivity contribution is 7.14. The molecule has 7 aliphatic carbocycles. The summed E-state index contributed by atoms with van der Waals surface area (Å²) in [4.78, 5) is 32.9. The van der Waals surface area contributed by atoms with Crippen LogP contribution in [0.1, 0.15) is 128 Å². The van der Waals surface area contributed by atoms with Crippen molar-refractivity contribution in [2.75, 3.05) is 13.1 Å². The maximum atomic E-state index is 14.7. The first-order chi connectivity index (χ1) is 27.4. The summed E-state index contributed by atoms with van der Waals surface area (Å²) in [5, 5.41) is 26.6. The Kier molecular flexibility index (Phi) is 10.3. The van der Waals surface area contributed by atoms with Crippen molar-refractivity contribution in [1.82, 2.24) is 4.90 Å². The number of aliphatic hydroxyl groups excluding tert-OH is 1. The van der Waals surface area contributed by atoms with E-state index in [1.54, 1.807) is 0 Å². The molecular weight excluding hydrogens is 727 g/mol. The Morgan fingerprint density at radius 3 is 2.32 bits per heavy atom. The number of ether oxygens (including phenoxy) is 1. The average molecular weight is 786 g/mol. The quantitative estimate of drug-likeness (QED) is 0.144. The van der Waals surface area contributed by atoms with E-state index in [1.807, 2.05) is 66.4 Å². The predicted octanol–water partition coefficient (Wildman–Crippen LogP) is 11.2. The van der Waals surface area contributed by atoms with Gasteiger partial charge in [0.1, 0.15) is 5.75 Å². The number of amides is 1. The average Bonchev–Trinajstić information content (AvgIpc) is 3.72. The Bertz CT molecular complexity index is 2170. The highest BCUT2D eigenvalue weighted by Gasteiger charge is 2.59. The van der Waals surface area contributed by atoms with Crippen molar-refractivity contribution in [2.24, 2.45) is 28.6 Å². The Labute approximate surface area is 342 Å². The minimum atomic E-state index is -1.23. The fraction of sp³-hybridized carbons (Fsp3) is 0.520. The Hall–Kier alpha value is -3.78. The largest absolute Gasteiger partial charge is 0.415 e. The van der Waals surface area contributed by atoms with E-state index in [0.29, 0.717) is 54.8 Å². The van der Waals surface area contributed by atoms with E-state index in [0.717, 1.165) is 76.6 Å². The summed E-state index contributed by atoms with van der Waals surface area (Å²) in [6.07, 6.45) is 13.4. The van der Waals surface area contributed by atoms with Gasteiger partial charge in [-0.15, -0.1) is 11.3 Å². The molecule has 1 aromatic heterocycles. The minimum Gasteiger partial charge on any atom is -0.410 e. The van der Waals surface area contributed by atoms with Gasteiger partial charge in [0.15, 0.2) is 0 Å². The SMILES string of the molecule is CC1=CCC[C@@]2(C)[C@@H](CC[C@@]2(O)CN(CC23CC4CC(CC(C4)C2)C3)C(=O)Oc2ccc3ccccc3c2)c2ccc(cc2C(=O)c2ccc(C)s2)C[C@@H](O)CC1. The van der Waals surface area contributed by atoms with E-state index >= 15 is 0 Å². The number of fused-ring (bicyclic) bond motifs is 9. The lowest BCUT2D eigenvalue weighted by Gasteiger charge is -2.58. The van der Waals surface area contributed by atoms with Crippen LogP contribution < -0.4 is 4.74 Å². The second kappa shape index (κ2) is 15.1. The van der Waals surface area contributed by atoms with E-state index in [9.17, 15) is 19.8 Å². The van der Waals surface area contributed by atoms with Crippen LogP contribution in [0.3, 0.4) is 0 Å². The summed E-state index contributed by atoms with van der Waals surface area (Å²) in [6.45, 7) is 7.18. The zero-order chi connectivity index (χ0) is 39.5. The molecule has 7 aliphatic rings. The van der Waals surface area contributed by atoms with Gasteiger partial charge in [-0.2, -0.15) is 0 Å². The third kappa shape index (κ3) is 7.53. The second-order valence-electron chi connectivity index (χ2n) is 19.3. The van der Waals surface area contributed by atoms with Crippen LogP contribution >= 0.6 is 11.3 Å². The molecule has 6 bridgehead atoms. The van der Waals surface area contributed by atoms with Crippen LogP contribution in [0.5, 0.6) is 5.75 Å². The standard InChI is InChI=1S/C50H59NO5S/c1-32-7-6-19-48(3)44(42-16-12-34(24-40(52)14-10-32)25-43(42)46(53)45-17-11-33(2)57-45)18-20-50(48,55)31-51(30-49-27-35-21-36(28-49)23-37(22-35)29-49)47(54)56-41-15-13-38-8-4-5-9-39(38)26-41/h4-5,7-9,11-13,15-17,25-26,35-37,40,44,52,55H,6,10,14,18-24,27-31H2,1-3H3/t35?,36?,37?,40-,44-,48-,49?,50+/m0/s1. The van der Waals surface area contributed by atoms with Gasteiger partial charge in [0.05, 0.1) is 23.1 Å². The van der Waals surface area contributed by atoms with Gasteiger partial charge in [0, 0.05) is 22.4 Å². The van der Waals surface area contributed by atoms with Crippen LogP contribution in [0.2, 0.25) is 0 Å². The predicted molar refractivity (Wildman–Crippen MR) is 228 cm³/mol. The van der Waals surface area contributed by atoms with E-state index < -0.39 is 17.1 Å². The van der Waals surface area contributed by atoms with Crippen molar-refractivity contribution in [3.8, 4) is 5.75 Å². The van der Waals surface area contributed by atoms with Gasteiger partial charge < -0.3 is 19.8 Å². The molecule has 0 unspecified atom stereocenters. The second-order valence-corrected chi connectivity index (χ2v) is 20.6. The lowest BCUT2D eigenvalue weighted by molar-refractivity contribution is -0.101. The molecule has 0 aliphatic heterocycles. The van der Waals surface area contributed by atoms with E-state index in [-0.39, 0.29) is 29.8 Å². The van der Waals surface area contributed by atoms with Gasteiger partial charge >= 0.3 is 6.09 Å². The number of benzene rings is 3. The first-order valence-corrected chi connectivity index (χ1v) is 22.4. The number of carbonyl (C=O) groups is 2. The molecule has 0 saturated heterocycles. The molecule has 6 nitrogen and oxygen atoms in total. The van der Waals surface area contributed by atoms with Crippen LogP contribution in [0, 0.1) is 35.5 Å². The van der Waals surface area contributed by atoms with Crippen LogP contribution in [0.4, 0.5) is 4.79 Å². The highest BCUT2D eigenvalue weighted by atomic mass is 32.1. The fourth-order valence-electron chi connectivity index (χ4n) is 12.7. The monoisotopic (exact) mass is 785 g/mol.